The van der Waals surface area contributed by atoms with E-state index in [0.29, 0.717) is 29.0 Å². The van der Waals surface area contributed by atoms with Crippen molar-refractivity contribution in [3.63, 3.8) is 0 Å². The molecule has 0 saturated carbocycles. The molecule has 1 aliphatic rings. The lowest BCUT2D eigenvalue weighted by atomic mass is 9.94. The van der Waals surface area contributed by atoms with Crippen LogP contribution in [0.4, 0.5) is 4.39 Å². The van der Waals surface area contributed by atoms with Gasteiger partial charge in [0.05, 0.1) is 11.1 Å². The van der Waals surface area contributed by atoms with Crippen LogP contribution in [0.3, 0.4) is 0 Å². The highest BCUT2D eigenvalue weighted by molar-refractivity contribution is 8.24. The summed E-state index contributed by atoms with van der Waals surface area (Å²) < 4.78 is 33.1. The van der Waals surface area contributed by atoms with Crippen molar-refractivity contribution in [3.05, 3.63) is 59.5 Å². The van der Waals surface area contributed by atoms with Gasteiger partial charge in [-0.2, -0.15) is 10.6 Å². The zero-order chi connectivity index (χ0) is 18.5. The lowest BCUT2D eigenvalue weighted by Gasteiger charge is -2.26. The van der Waals surface area contributed by atoms with Gasteiger partial charge in [0.1, 0.15) is 5.82 Å². The van der Waals surface area contributed by atoms with Gasteiger partial charge in [-0.3, -0.25) is 13.9 Å². The molecule has 0 aliphatic carbocycles. The SMILES string of the molecule is NC(=O)c1cc(-c2ccc(F)cc2)cc2c([C@H]3CCS(O)(O)C3)c[nH]c12. The smallest absolute Gasteiger partial charge is 0.250 e. The number of halogens is 1. The summed E-state index contributed by atoms with van der Waals surface area (Å²) in [5.74, 6) is -0.151. The van der Waals surface area contributed by atoms with Crippen LogP contribution in [0, 0.1) is 5.82 Å². The molecular weight excluding hydrogens is 355 g/mol. The fourth-order valence-corrected chi connectivity index (χ4v) is 5.48. The molecule has 4 rings (SSSR count). The van der Waals surface area contributed by atoms with Gasteiger partial charge < -0.3 is 10.7 Å². The normalized spacial score (nSPS) is 20.3. The van der Waals surface area contributed by atoms with Crippen LogP contribution in [-0.2, 0) is 0 Å². The molecule has 0 bridgehead atoms. The first kappa shape index (κ1) is 17.1. The van der Waals surface area contributed by atoms with Crippen molar-refractivity contribution in [2.24, 2.45) is 5.73 Å². The van der Waals surface area contributed by atoms with Crippen LogP contribution in [0.25, 0.3) is 22.0 Å². The van der Waals surface area contributed by atoms with Gasteiger partial charge >= 0.3 is 0 Å². The molecule has 26 heavy (non-hydrogen) atoms. The van der Waals surface area contributed by atoms with Gasteiger partial charge in [0.25, 0.3) is 5.91 Å². The van der Waals surface area contributed by atoms with E-state index in [0.717, 1.165) is 22.1 Å². The minimum Gasteiger partial charge on any atom is -0.366 e. The number of hydrogen-bond donors (Lipinski definition) is 4. The summed E-state index contributed by atoms with van der Waals surface area (Å²) in [6.45, 7) is 0. The number of benzene rings is 2. The first-order chi connectivity index (χ1) is 12.3. The number of aromatic amines is 1. The Balaban J connectivity index is 1.88. The Labute approximate surface area is 151 Å². The quantitative estimate of drug-likeness (QED) is 0.550. The van der Waals surface area contributed by atoms with Crippen molar-refractivity contribution >= 4 is 27.4 Å². The maximum atomic E-state index is 13.2. The molecule has 5 nitrogen and oxygen atoms in total. The zero-order valence-corrected chi connectivity index (χ0v) is 14.7. The Kier molecular flexibility index (Phi) is 4.02. The fraction of sp³-hybridized carbons (Fsp3) is 0.211. The Bertz CT molecular complexity index is 998. The monoisotopic (exact) mass is 374 g/mol. The molecule has 0 radical (unpaired) electrons. The summed E-state index contributed by atoms with van der Waals surface area (Å²) in [5.41, 5.74) is 9.05. The lowest BCUT2D eigenvalue weighted by Crippen LogP contribution is -2.11. The number of carbonyl (C=O) groups excluding carboxylic acids is 1. The van der Waals surface area contributed by atoms with Crippen molar-refractivity contribution in [2.45, 2.75) is 12.3 Å². The number of hydrogen-bond acceptors (Lipinski definition) is 3. The van der Waals surface area contributed by atoms with Crippen LogP contribution in [0.2, 0.25) is 0 Å². The molecule has 1 fully saturated rings. The summed E-state index contributed by atoms with van der Waals surface area (Å²) in [5, 5.41) is 0.836. The molecule has 1 aromatic heterocycles. The molecule has 136 valence electrons. The van der Waals surface area contributed by atoms with Gasteiger partial charge in [-0.25, -0.2) is 4.39 Å². The first-order valence-corrected chi connectivity index (χ1v) is 10.2. The highest BCUT2D eigenvalue weighted by Gasteiger charge is 2.31. The van der Waals surface area contributed by atoms with Crippen molar-refractivity contribution in [1.29, 1.82) is 0 Å². The van der Waals surface area contributed by atoms with Crippen LogP contribution < -0.4 is 5.73 Å². The summed E-state index contributed by atoms with van der Waals surface area (Å²) in [7, 11) is -2.53. The Morgan fingerprint density at radius 3 is 2.54 bits per heavy atom. The van der Waals surface area contributed by atoms with Crippen LogP contribution in [-0.4, -0.2) is 31.5 Å². The van der Waals surface area contributed by atoms with E-state index in [1.807, 2.05) is 12.3 Å². The molecule has 0 unspecified atom stereocenters. The van der Waals surface area contributed by atoms with E-state index in [1.165, 1.54) is 12.1 Å². The number of amides is 1. The number of aromatic nitrogens is 1. The van der Waals surface area contributed by atoms with Crippen LogP contribution in [0.1, 0.15) is 28.3 Å². The standard InChI is InChI=1S/C19H19FN2O3S/c20-14-3-1-11(2-4-14)13-7-15-17(12-5-6-26(24,25)10-12)9-22-18(15)16(8-13)19(21)23/h1-4,7-9,12,22,24-25H,5-6,10H2,(H2,21,23)/t12-/m0/s1. The highest BCUT2D eigenvalue weighted by Crippen LogP contribution is 2.52. The van der Waals surface area contributed by atoms with Gasteiger partial charge in [0.2, 0.25) is 0 Å². The Morgan fingerprint density at radius 1 is 1.19 bits per heavy atom. The maximum absolute atomic E-state index is 13.2. The minimum absolute atomic E-state index is 0.0120. The molecule has 3 aromatic rings. The number of rotatable bonds is 3. The average molecular weight is 374 g/mol. The van der Waals surface area contributed by atoms with E-state index < -0.39 is 16.5 Å². The first-order valence-electron chi connectivity index (χ1n) is 8.28. The van der Waals surface area contributed by atoms with Gasteiger partial charge in [-0.1, -0.05) is 12.1 Å². The predicted octanol–water partition coefficient (Wildman–Crippen LogP) is 4.31. The molecule has 0 spiro atoms. The fourth-order valence-electron chi connectivity index (χ4n) is 3.66. The van der Waals surface area contributed by atoms with E-state index >= 15 is 0 Å². The van der Waals surface area contributed by atoms with Crippen molar-refractivity contribution in [2.75, 3.05) is 11.5 Å². The molecule has 1 amide bonds. The second-order valence-electron chi connectivity index (χ2n) is 6.72. The summed E-state index contributed by atoms with van der Waals surface area (Å²) >= 11 is 0. The largest absolute Gasteiger partial charge is 0.366 e. The minimum atomic E-state index is -2.53. The molecule has 1 atom stereocenters. The third-order valence-corrected chi connectivity index (χ3v) is 6.79. The molecule has 1 saturated heterocycles. The van der Waals surface area contributed by atoms with E-state index in [9.17, 15) is 18.3 Å². The van der Waals surface area contributed by atoms with Crippen LogP contribution in [0.5, 0.6) is 0 Å². The van der Waals surface area contributed by atoms with E-state index in [4.69, 9.17) is 5.73 Å². The van der Waals surface area contributed by atoms with E-state index in [2.05, 4.69) is 4.98 Å². The van der Waals surface area contributed by atoms with E-state index in [1.54, 1.807) is 18.2 Å². The molecule has 2 heterocycles. The number of primary amides is 1. The number of H-pyrrole nitrogens is 1. The average Bonchev–Trinajstić information content (AvgIpc) is 3.17. The highest BCUT2D eigenvalue weighted by atomic mass is 32.3. The van der Waals surface area contributed by atoms with Gasteiger partial charge in [0, 0.05) is 29.0 Å². The lowest BCUT2D eigenvalue weighted by molar-refractivity contribution is 0.100. The van der Waals surface area contributed by atoms with Gasteiger partial charge in [0.15, 0.2) is 0 Å². The van der Waals surface area contributed by atoms with Crippen molar-refractivity contribution in [1.82, 2.24) is 4.98 Å². The molecule has 1 aliphatic heterocycles. The molecule has 2 aromatic carbocycles. The number of nitrogens with one attached hydrogen (secondary N) is 1. The number of carbonyl (C=O) groups is 1. The van der Waals surface area contributed by atoms with Gasteiger partial charge in [-0.05, 0) is 47.4 Å². The van der Waals surface area contributed by atoms with Crippen molar-refractivity contribution < 1.29 is 18.3 Å². The Morgan fingerprint density at radius 2 is 1.92 bits per heavy atom. The zero-order valence-electron chi connectivity index (χ0n) is 13.9. The topological polar surface area (TPSA) is 99.3 Å². The van der Waals surface area contributed by atoms with Crippen molar-refractivity contribution in [3.8, 4) is 11.1 Å². The Hall–Kier alpha value is -2.35. The molecule has 7 heteroatoms. The molecular formula is C19H19FN2O3S. The predicted molar refractivity (Wildman–Crippen MR) is 102 cm³/mol. The number of fused-ring (bicyclic) bond motifs is 1. The number of nitrogens with two attached hydrogens (primary N) is 1. The van der Waals surface area contributed by atoms with Crippen LogP contribution >= 0.6 is 10.6 Å². The van der Waals surface area contributed by atoms with Gasteiger partial charge in [-0.15, -0.1) is 0 Å². The summed E-state index contributed by atoms with van der Waals surface area (Å²) in [4.78, 5) is 15.1. The summed E-state index contributed by atoms with van der Waals surface area (Å²) in [6, 6.07) is 9.67. The molecule has 5 N–H and O–H groups in total. The maximum Gasteiger partial charge on any atom is 0.250 e. The summed E-state index contributed by atoms with van der Waals surface area (Å²) in [6.07, 6.45) is 2.50. The second-order valence-corrected chi connectivity index (χ2v) is 9.07. The third-order valence-electron chi connectivity index (χ3n) is 4.97. The van der Waals surface area contributed by atoms with Crippen LogP contribution in [0.15, 0.2) is 42.6 Å². The third kappa shape index (κ3) is 2.98. The second kappa shape index (κ2) is 6.12. The van der Waals surface area contributed by atoms with E-state index in [-0.39, 0.29) is 11.7 Å².